The van der Waals surface area contributed by atoms with Crippen molar-refractivity contribution in [3.63, 3.8) is 0 Å². The van der Waals surface area contributed by atoms with Crippen LogP contribution in [0.3, 0.4) is 0 Å². The number of carbonyl (C=O) groups is 1. The van der Waals surface area contributed by atoms with E-state index in [9.17, 15) is 13.2 Å². The Kier molecular flexibility index (Phi) is 10.3. The minimum Gasteiger partial charge on any atom is -0.494 e. The van der Waals surface area contributed by atoms with Crippen molar-refractivity contribution >= 4 is 37.6 Å². The van der Waals surface area contributed by atoms with E-state index in [-0.39, 0.29) is 42.9 Å². The molecule has 0 unspecified atom stereocenters. The van der Waals surface area contributed by atoms with Gasteiger partial charge in [0.2, 0.25) is 12.7 Å². The lowest BCUT2D eigenvalue weighted by molar-refractivity contribution is -0.130. The fourth-order valence-corrected chi connectivity index (χ4v) is 7.08. The lowest BCUT2D eigenvalue weighted by Gasteiger charge is -2.30. The van der Waals surface area contributed by atoms with Crippen molar-refractivity contribution in [1.29, 1.82) is 0 Å². The number of nitrogens with one attached hydrogen (secondary N) is 2. The van der Waals surface area contributed by atoms with Crippen molar-refractivity contribution in [2.75, 3.05) is 25.8 Å². The highest BCUT2D eigenvalue weighted by Crippen LogP contribution is 2.43. The van der Waals surface area contributed by atoms with Gasteiger partial charge in [0.25, 0.3) is 5.91 Å². The number of rotatable bonds is 14. The van der Waals surface area contributed by atoms with E-state index in [1.54, 1.807) is 48.5 Å². The Labute approximate surface area is 286 Å². The van der Waals surface area contributed by atoms with Crippen molar-refractivity contribution < 1.29 is 37.3 Å². The molecule has 2 atom stereocenters. The molecule has 11 nitrogen and oxygen atoms in total. The fraction of sp³-hybridized carbons (Fsp3) is 0.257. The highest BCUT2D eigenvalue weighted by atomic mass is 79.9. The first kappa shape index (κ1) is 33.5. The van der Waals surface area contributed by atoms with Gasteiger partial charge in [0.05, 0.1) is 17.3 Å². The molecular formula is C35H34BrN3O8S. The van der Waals surface area contributed by atoms with Crippen LogP contribution in [0.4, 0.5) is 0 Å². The topological polar surface area (TPSA) is 145 Å². The number of amides is 1. The standard InChI is InChI=1S/C35H34BrN3O8S/c36-27-12-8-25(9-13-27)32-35(17-20-48(42,43)29-5-2-1-3-6-29,34(41)39-37-22-24-7-16-30-31(21-24)46-23-45-30)38-33(47-32)26-10-14-28(15-11-26)44-19-4-18-40/h1-3,5-16,21,32,37,40H,4,17-20,22-23H2,(H,39,41)/t32-,35-/m0/s1. The number of aliphatic hydroxyl groups excluding tert-OH is 1. The molecule has 2 heterocycles. The maximum Gasteiger partial charge on any atom is 0.266 e. The van der Waals surface area contributed by atoms with Gasteiger partial charge in [-0.05, 0) is 71.8 Å². The van der Waals surface area contributed by atoms with Gasteiger partial charge in [-0.2, -0.15) is 0 Å². The number of fused-ring (bicyclic) bond motifs is 1. The van der Waals surface area contributed by atoms with Gasteiger partial charge in [0, 0.05) is 36.0 Å². The molecule has 0 radical (unpaired) electrons. The Morgan fingerprint density at radius 2 is 1.73 bits per heavy atom. The van der Waals surface area contributed by atoms with Crippen LogP contribution in [0.5, 0.6) is 17.2 Å². The molecule has 4 aromatic rings. The zero-order chi connectivity index (χ0) is 33.6. The van der Waals surface area contributed by atoms with Gasteiger partial charge in [-0.15, -0.1) is 0 Å². The number of aliphatic hydroxyl groups is 1. The second-order valence-corrected chi connectivity index (χ2v) is 14.2. The maximum absolute atomic E-state index is 14.4. The summed E-state index contributed by atoms with van der Waals surface area (Å²) in [7, 11) is -3.79. The molecule has 0 aromatic heterocycles. The fourth-order valence-electron chi connectivity index (χ4n) is 5.43. The van der Waals surface area contributed by atoms with Crippen LogP contribution >= 0.6 is 15.9 Å². The van der Waals surface area contributed by atoms with E-state index >= 15 is 0 Å². The number of nitrogens with zero attached hydrogens (tertiary/aromatic N) is 1. The molecule has 0 saturated heterocycles. The van der Waals surface area contributed by atoms with E-state index in [1.807, 2.05) is 36.4 Å². The Morgan fingerprint density at radius 3 is 2.48 bits per heavy atom. The number of hydrazine groups is 1. The van der Waals surface area contributed by atoms with E-state index in [0.29, 0.717) is 41.4 Å². The van der Waals surface area contributed by atoms with Gasteiger partial charge >= 0.3 is 0 Å². The predicted molar refractivity (Wildman–Crippen MR) is 182 cm³/mol. The van der Waals surface area contributed by atoms with E-state index in [4.69, 9.17) is 29.0 Å². The number of aliphatic imine (C=N–C) groups is 1. The number of ether oxygens (including phenoxy) is 4. The summed E-state index contributed by atoms with van der Waals surface area (Å²) in [4.78, 5) is 19.4. The average molecular weight is 737 g/mol. The summed E-state index contributed by atoms with van der Waals surface area (Å²) in [6.07, 6.45) is -0.632. The smallest absolute Gasteiger partial charge is 0.266 e. The van der Waals surface area contributed by atoms with E-state index in [2.05, 4.69) is 26.8 Å². The summed E-state index contributed by atoms with van der Waals surface area (Å²) in [5.74, 6) is 1.12. The monoisotopic (exact) mass is 735 g/mol. The largest absolute Gasteiger partial charge is 0.494 e. The summed E-state index contributed by atoms with van der Waals surface area (Å²) in [6.45, 7) is 0.779. The normalized spacial score (nSPS) is 18.2. The van der Waals surface area contributed by atoms with Crippen LogP contribution < -0.4 is 25.1 Å². The molecule has 0 saturated carbocycles. The zero-order valence-corrected chi connectivity index (χ0v) is 28.2. The molecule has 13 heteroatoms. The van der Waals surface area contributed by atoms with Crippen LogP contribution in [0.25, 0.3) is 0 Å². The molecule has 1 amide bonds. The van der Waals surface area contributed by atoms with Crippen LogP contribution in [-0.2, 0) is 25.9 Å². The van der Waals surface area contributed by atoms with Crippen molar-refractivity contribution in [2.45, 2.75) is 35.9 Å². The SMILES string of the molecule is O=C(NNCc1ccc2c(c1)OCO2)[C@@]1(CCS(=O)(=O)c2ccccc2)N=C(c2ccc(OCCCO)cc2)O[C@H]1c1ccc(Br)cc1. The Hall–Kier alpha value is -4.43. The summed E-state index contributed by atoms with van der Waals surface area (Å²) >= 11 is 3.47. The molecule has 2 aliphatic rings. The molecule has 0 aliphatic carbocycles. The number of sulfone groups is 1. The first-order chi connectivity index (χ1) is 23.3. The minimum absolute atomic E-state index is 0.0237. The van der Waals surface area contributed by atoms with Crippen molar-refractivity contribution in [1.82, 2.24) is 10.9 Å². The van der Waals surface area contributed by atoms with E-state index < -0.39 is 27.4 Å². The third-order valence-electron chi connectivity index (χ3n) is 7.99. The molecule has 0 spiro atoms. The quantitative estimate of drug-likeness (QED) is 0.122. The Bertz CT molecular complexity index is 1870. The number of benzene rings is 4. The highest BCUT2D eigenvalue weighted by Gasteiger charge is 2.53. The first-order valence-electron chi connectivity index (χ1n) is 15.3. The second-order valence-electron chi connectivity index (χ2n) is 11.2. The molecule has 0 bridgehead atoms. The summed E-state index contributed by atoms with van der Waals surface area (Å²) in [5.41, 5.74) is 6.15. The summed E-state index contributed by atoms with van der Waals surface area (Å²) in [6, 6.07) is 27.9. The molecule has 3 N–H and O–H groups in total. The molecular weight excluding hydrogens is 702 g/mol. The first-order valence-corrected chi connectivity index (χ1v) is 17.8. The van der Waals surface area contributed by atoms with Crippen LogP contribution in [0.2, 0.25) is 0 Å². The Morgan fingerprint density at radius 1 is 0.979 bits per heavy atom. The van der Waals surface area contributed by atoms with E-state index in [1.165, 1.54) is 12.1 Å². The van der Waals surface area contributed by atoms with Crippen LogP contribution in [0.1, 0.15) is 35.6 Å². The van der Waals surface area contributed by atoms with Crippen molar-refractivity contribution in [2.24, 2.45) is 4.99 Å². The molecule has 2 aliphatic heterocycles. The van der Waals surface area contributed by atoms with Gasteiger partial charge in [0.15, 0.2) is 33.0 Å². The number of hydrogen-bond acceptors (Lipinski definition) is 10. The molecule has 250 valence electrons. The van der Waals surface area contributed by atoms with Crippen LogP contribution in [0, 0.1) is 0 Å². The van der Waals surface area contributed by atoms with Crippen molar-refractivity contribution in [3.8, 4) is 17.2 Å². The maximum atomic E-state index is 14.4. The summed E-state index contributed by atoms with van der Waals surface area (Å²) in [5, 5.41) is 9.06. The van der Waals surface area contributed by atoms with Gasteiger partial charge < -0.3 is 24.1 Å². The third kappa shape index (κ3) is 7.49. The zero-order valence-electron chi connectivity index (χ0n) is 25.8. The van der Waals surface area contributed by atoms with Crippen LogP contribution in [-0.4, -0.2) is 56.6 Å². The van der Waals surface area contributed by atoms with Gasteiger partial charge in [-0.3, -0.25) is 10.2 Å². The van der Waals surface area contributed by atoms with E-state index in [0.717, 1.165) is 10.0 Å². The molecule has 4 aromatic carbocycles. The lowest BCUT2D eigenvalue weighted by atomic mass is 9.85. The number of carbonyl (C=O) groups excluding carboxylic acids is 1. The highest BCUT2D eigenvalue weighted by molar-refractivity contribution is 9.10. The minimum atomic E-state index is -3.79. The van der Waals surface area contributed by atoms with Gasteiger partial charge in [-0.1, -0.05) is 52.3 Å². The lowest BCUT2D eigenvalue weighted by Crippen LogP contribution is -2.53. The summed E-state index contributed by atoms with van der Waals surface area (Å²) < 4.78 is 50.9. The van der Waals surface area contributed by atoms with Crippen LogP contribution in [0.15, 0.2) is 111 Å². The Balaban J connectivity index is 1.33. The average Bonchev–Trinajstić information content (AvgIpc) is 3.74. The number of halogens is 1. The predicted octanol–water partition coefficient (Wildman–Crippen LogP) is 4.88. The third-order valence-corrected chi connectivity index (χ3v) is 10.2. The van der Waals surface area contributed by atoms with Crippen molar-refractivity contribution in [3.05, 3.63) is 118 Å². The second kappa shape index (κ2) is 14.8. The molecule has 48 heavy (non-hydrogen) atoms. The molecule has 6 rings (SSSR count). The van der Waals surface area contributed by atoms with Gasteiger partial charge in [-0.25, -0.2) is 18.8 Å². The van der Waals surface area contributed by atoms with Gasteiger partial charge in [0.1, 0.15) is 5.75 Å². The molecule has 0 fully saturated rings. The number of hydrogen-bond donors (Lipinski definition) is 3.